The SMILES string of the molecule is C[C@@H](/C=C/S(=O)(=O)C1CN(C(=O)OCC[Si](C)(C)C)C1)NC(=O)C1(F)CCN(S(=O)(=O)c2ccc(Br)cc2-c2ccccc2Cl)CC1. The molecular formula is C31H40BrClFN3O7S2Si. The Balaban J connectivity index is 1.32. The summed E-state index contributed by atoms with van der Waals surface area (Å²) in [4.78, 5) is 26.5. The van der Waals surface area contributed by atoms with Gasteiger partial charge < -0.3 is 15.0 Å². The monoisotopic (exact) mass is 791 g/mol. The molecule has 2 aromatic rings. The third-order valence-corrected chi connectivity index (χ3v) is 14.5. The van der Waals surface area contributed by atoms with Crippen LogP contribution in [-0.2, 0) is 29.4 Å². The standard InChI is InChI=1S/C31H40BrClFN3O7S2Si/c1-22(11-17-45(40,41)24-20-36(21-24)30(39)44-16-18-47(2,3)4)35-29(38)31(34)12-14-37(15-13-31)46(42,43)28-10-9-23(32)19-26(28)25-7-5-6-8-27(25)33/h5-11,17,19,22,24H,12-16,18,20-21H2,1-4H3,(H,35,38)/b17-11+/t22-/m0/s1. The minimum Gasteiger partial charge on any atom is -0.450 e. The quantitative estimate of drug-likeness (QED) is 0.283. The van der Waals surface area contributed by atoms with E-state index in [1.165, 1.54) is 24.0 Å². The molecule has 16 heteroatoms. The van der Waals surface area contributed by atoms with Crippen LogP contribution in [0.1, 0.15) is 19.8 Å². The maximum absolute atomic E-state index is 15.8. The molecular weight excluding hydrogens is 753 g/mol. The van der Waals surface area contributed by atoms with Gasteiger partial charge in [-0.1, -0.05) is 71.4 Å². The lowest BCUT2D eigenvalue weighted by Crippen LogP contribution is -2.56. The van der Waals surface area contributed by atoms with E-state index in [4.69, 9.17) is 16.3 Å². The fourth-order valence-corrected chi connectivity index (χ4v) is 9.51. The highest BCUT2D eigenvalue weighted by Crippen LogP contribution is 2.38. The second kappa shape index (κ2) is 14.7. The molecule has 2 aliphatic heterocycles. The van der Waals surface area contributed by atoms with E-state index in [-0.39, 0.29) is 43.9 Å². The molecule has 1 N–H and O–H groups in total. The summed E-state index contributed by atoms with van der Waals surface area (Å²) in [6.45, 7) is 7.85. The van der Waals surface area contributed by atoms with Crippen molar-refractivity contribution >= 4 is 67.5 Å². The first-order valence-electron chi connectivity index (χ1n) is 15.2. The number of ether oxygens (including phenoxy) is 1. The van der Waals surface area contributed by atoms with Crippen molar-refractivity contribution < 1.29 is 35.6 Å². The maximum atomic E-state index is 15.8. The van der Waals surface area contributed by atoms with Crippen molar-refractivity contribution in [1.29, 1.82) is 0 Å². The number of carbonyl (C=O) groups is 2. The largest absolute Gasteiger partial charge is 0.450 e. The Morgan fingerprint density at radius 3 is 2.36 bits per heavy atom. The van der Waals surface area contributed by atoms with E-state index < -0.39 is 56.9 Å². The molecule has 2 heterocycles. The van der Waals surface area contributed by atoms with Crippen LogP contribution >= 0.6 is 27.5 Å². The second-order valence-corrected chi connectivity index (χ2v) is 24.1. The summed E-state index contributed by atoms with van der Waals surface area (Å²) < 4.78 is 75.9. The molecule has 2 aromatic carbocycles. The van der Waals surface area contributed by atoms with Crippen molar-refractivity contribution in [3.63, 3.8) is 0 Å². The number of hydrogen-bond acceptors (Lipinski definition) is 7. The Hall–Kier alpha value is -2.30. The first-order valence-corrected chi connectivity index (χ1v) is 23.1. The van der Waals surface area contributed by atoms with Crippen LogP contribution < -0.4 is 5.32 Å². The summed E-state index contributed by atoms with van der Waals surface area (Å²) in [5.41, 5.74) is -1.43. The molecule has 47 heavy (non-hydrogen) atoms. The highest BCUT2D eigenvalue weighted by molar-refractivity contribution is 9.10. The topological polar surface area (TPSA) is 130 Å². The molecule has 0 spiro atoms. The zero-order valence-electron chi connectivity index (χ0n) is 26.7. The number of nitrogens with zero attached hydrogens (tertiary/aromatic N) is 2. The number of amides is 2. The molecule has 0 unspecified atom stereocenters. The lowest BCUT2D eigenvalue weighted by atomic mass is 9.93. The van der Waals surface area contributed by atoms with Crippen LogP contribution in [0.5, 0.6) is 0 Å². The highest BCUT2D eigenvalue weighted by atomic mass is 79.9. The van der Waals surface area contributed by atoms with Crippen LogP contribution in [0.2, 0.25) is 30.7 Å². The van der Waals surface area contributed by atoms with Gasteiger partial charge in [-0.25, -0.2) is 26.0 Å². The molecule has 0 radical (unpaired) electrons. The number of rotatable bonds is 11. The van der Waals surface area contributed by atoms with Gasteiger partial charge in [-0.2, -0.15) is 4.31 Å². The number of piperidine rings is 1. The molecule has 2 fully saturated rings. The lowest BCUT2D eigenvalue weighted by molar-refractivity contribution is -0.135. The third kappa shape index (κ3) is 9.24. The van der Waals surface area contributed by atoms with Gasteiger partial charge in [0.05, 0.1) is 11.5 Å². The molecule has 10 nitrogen and oxygen atoms in total. The van der Waals surface area contributed by atoms with Gasteiger partial charge in [-0.15, -0.1) is 0 Å². The third-order valence-electron chi connectivity index (χ3n) is 8.21. The highest BCUT2D eigenvalue weighted by Gasteiger charge is 2.45. The van der Waals surface area contributed by atoms with Crippen LogP contribution in [0.15, 0.2) is 63.3 Å². The Morgan fingerprint density at radius 2 is 1.74 bits per heavy atom. The Morgan fingerprint density at radius 1 is 1.11 bits per heavy atom. The number of likely N-dealkylation sites (tertiary alicyclic amines) is 1. The lowest BCUT2D eigenvalue weighted by Gasteiger charge is -2.37. The van der Waals surface area contributed by atoms with E-state index in [1.54, 1.807) is 36.4 Å². The minimum absolute atomic E-state index is 0.00628. The molecule has 0 saturated carbocycles. The van der Waals surface area contributed by atoms with Crippen molar-refractivity contribution in [3.8, 4) is 11.1 Å². The number of carbonyl (C=O) groups excluding carboxylic acids is 2. The number of halogens is 3. The second-order valence-electron chi connectivity index (χ2n) is 13.1. The van der Waals surface area contributed by atoms with Gasteiger partial charge in [0.15, 0.2) is 15.5 Å². The number of alkyl halides is 1. The molecule has 0 bridgehead atoms. The zero-order valence-corrected chi connectivity index (χ0v) is 31.7. The van der Waals surface area contributed by atoms with E-state index in [2.05, 4.69) is 40.9 Å². The van der Waals surface area contributed by atoms with Gasteiger partial charge >= 0.3 is 6.09 Å². The van der Waals surface area contributed by atoms with Gasteiger partial charge in [0.1, 0.15) is 5.25 Å². The van der Waals surface area contributed by atoms with Gasteiger partial charge in [-0.05, 0) is 37.2 Å². The number of nitrogens with one attached hydrogen (secondary N) is 1. The summed E-state index contributed by atoms with van der Waals surface area (Å²) in [6.07, 6.45) is -0.0354. The smallest absolute Gasteiger partial charge is 0.409 e. The average Bonchev–Trinajstić information content (AvgIpc) is 2.95. The zero-order chi connectivity index (χ0) is 34.8. The van der Waals surface area contributed by atoms with E-state index >= 15 is 4.39 Å². The number of sulfonamides is 1. The summed E-state index contributed by atoms with van der Waals surface area (Å²) in [6, 6.07) is 11.6. The minimum atomic E-state index is -4.08. The summed E-state index contributed by atoms with van der Waals surface area (Å²) in [5, 5.41) is 3.05. The normalized spacial score (nSPS) is 18.5. The van der Waals surface area contributed by atoms with Crippen LogP contribution in [0.4, 0.5) is 9.18 Å². The Kier molecular flexibility index (Phi) is 11.7. The van der Waals surface area contributed by atoms with Crippen molar-refractivity contribution in [1.82, 2.24) is 14.5 Å². The maximum Gasteiger partial charge on any atom is 0.409 e. The van der Waals surface area contributed by atoms with E-state index in [1.807, 2.05) is 0 Å². The summed E-state index contributed by atoms with van der Waals surface area (Å²) in [5.74, 6) is -0.944. The summed E-state index contributed by atoms with van der Waals surface area (Å²) in [7, 11) is -9.18. The first kappa shape index (κ1) is 37.5. The number of hydrogen-bond donors (Lipinski definition) is 1. The van der Waals surface area contributed by atoms with Crippen LogP contribution in [0, 0.1) is 0 Å². The number of benzene rings is 2. The first-order chi connectivity index (χ1) is 21.8. The predicted octanol–water partition coefficient (Wildman–Crippen LogP) is 5.85. The molecule has 0 aromatic heterocycles. The number of sulfone groups is 1. The molecule has 2 amide bonds. The van der Waals surface area contributed by atoms with Crippen molar-refractivity contribution in [2.45, 2.75) is 67.3 Å². The summed E-state index contributed by atoms with van der Waals surface area (Å²) >= 11 is 9.76. The average molecular weight is 793 g/mol. The molecule has 2 aliphatic rings. The van der Waals surface area contributed by atoms with Crippen molar-refractivity contribution in [2.75, 3.05) is 32.8 Å². The van der Waals surface area contributed by atoms with Crippen molar-refractivity contribution in [2.24, 2.45) is 0 Å². The molecule has 0 aliphatic carbocycles. The van der Waals surface area contributed by atoms with Gasteiger partial charge in [0.25, 0.3) is 5.91 Å². The Bertz CT molecular complexity index is 1740. The van der Waals surface area contributed by atoms with Crippen LogP contribution in [-0.4, -0.2) is 95.9 Å². The Labute approximate surface area is 290 Å². The fraction of sp³-hybridized carbons (Fsp3) is 0.484. The van der Waals surface area contributed by atoms with E-state index in [0.717, 1.165) is 15.8 Å². The van der Waals surface area contributed by atoms with Gasteiger partial charge in [0, 0.05) is 79.2 Å². The molecule has 258 valence electrons. The fourth-order valence-electron chi connectivity index (χ4n) is 5.12. The van der Waals surface area contributed by atoms with E-state index in [0.29, 0.717) is 27.2 Å². The molecule has 2 saturated heterocycles. The predicted molar refractivity (Wildman–Crippen MR) is 187 cm³/mol. The van der Waals surface area contributed by atoms with Crippen LogP contribution in [0.3, 0.4) is 0 Å². The van der Waals surface area contributed by atoms with Crippen molar-refractivity contribution in [3.05, 3.63) is 63.4 Å². The molecule has 4 rings (SSSR count). The van der Waals surface area contributed by atoms with Gasteiger partial charge in [0.2, 0.25) is 10.0 Å². The van der Waals surface area contributed by atoms with Crippen LogP contribution in [0.25, 0.3) is 11.1 Å². The van der Waals surface area contributed by atoms with E-state index in [9.17, 15) is 26.4 Å². The van der Waals surface area contributed by atoms with Gasteiger partial charge in [-0.3, -0.25) is 4.79 Å². The molecule has 1 atom stereocenters.